The summed E-state index contributed by atoms with van der Waals surface area (Å²) in [5.41, 5.74) is 3.87. The molecule has 1 saturated heterocycles. The lowest BCUT2D eigenvalue weighted by Crippen LogP contribution is -2.36. The Morgan fingerprint density at radius 1 is 1.30 bits per heavy atom. The maximum absolute atomic E-state index is 11.9. The lowest BCUT2D eigenvalue weighted by Gasteiger charge is -2.30. The summed E-state index contributed by atoms with van der Waals surface area (Å²) in [6, 6.07) is 6.47. The second-order valence-corrected chi connectivity index (χ2v) is 7.17. The van der Waals surface area contributed by atoms with E-state index in [1.807, 2.05) is 0 Å². The third-order valence-corrected chi connectivity index (χ3v) is 4.93. The zero-order valence-electron chi connectivity index (χ0n) is 15.0. The number of nitrogens with zero attached hydrogens (tertiary/aromatic N) is 1. The smallest absolute Gasteiger partial charge is 0.220 e. The van der Waals surface area contributed by atoms with Crippen molar-refractivity contribution in [2.24, 2.45) is 5.92 Å². The molecule has 0 saturated carbocycles. The third-order valence-electron chi connectivity index (χ3n) is 4.93. The van der Waals surface area contributed by atoms with E-state index in [0.29, 0.717) is 6.42 Å². The van der Waals surface area contributed by atoms with Gasteiger partial charge in [-0.25, -0.2) is 0 Å². The van der Waals surface area contributed by atoms with E-state index in [9.17, 15) is 4.79 Å². The van der Waals surface area contributed by atoms with Crippen molar-refractivity contribution in [2.45, 2.75) is 52.9 Å². The highest BCUT2D eigenvalue weighted by atomic mass is 16.1. The molecule has 1 heterocycles. The molecule has 0 aliphatic carbocycles. The van der Waals surface area contributed by atoms with Gasteiger partial charge >= 0.3 is 0 Å². The Balaban J connectivity index is 1.58. The van der Waals surface area contributed by atoms with Crippen LogP contribution in [0.15, 0.2) is 18.2 Å². The number of likely N-dealkylation sites (tertiary alicyclic amines) is 1. The predicted molar refractivity (Wildman–Crippen MR) is 96.7 cm³/mol. The number of piperidine rings is 1. The first-order chi connectivity index (χ1) is 11.0. The first kappa shape index (κ1) is 18.0. The number of amides is 1. The van der Waals surface area contributed by atoms with Crippen LogP contribution < -0.4 is 5.32 Å². The SMILES string of the molecule is Cc1ccc(CCC(=O)NCCCN2CCC[C@H](C)C2)cc1C. The van der Waals surface area contributed by atoms with Crippen molar-refractivity contribution >= 4 is 5.91 Å². The summed E-state index contributed by atoms with van der Waals surface area (Å²) in [4.78, 5) is 14.5. The minimum absolute atomic E-state index is 0.176. The van der Waals surface area contributed by atoms with Gasteiger partial charge in [-0.1, -0.05) is 25.1 Å². The van der Waals surface area contributed by atoms with Gasteiger partial charge in [0.1, 0.15) is 0 Å². The molecular formula is C20H32N2O. The van der Waals surface area contributed by atoms with Gasteiger partial charge in [-0.2, -0.15) is 0 Å². The van der Waals surface area contributed by atoms with Gasteiger partial charge < -0.3 is 10.2 Å². The van der Waals surface area contributed by atoms with Crippen molar-refractivity contribution in [3.8, 4) is 0 Å². The second-order valence-electron chi connectivity index (χ2n) is 7.17. The fraction of sp³-hybridized carbons (Fsp3) is 0.650. The molecule has 1 fully saturated rings. The zero-order chi connectivity index (χ0) is 16.7. The van der Waals surface area contributed by atoms with Crippen LogP contribution >= 0.6 is 0 Å². The van der Waals surface area contributed by atoms with E-state index in [0.717, 1.165) is 31.8 Å². The van der Waals surface area contributed by atoms with Crippen LogP contribution in [0.25, 0.3) is 0 Å². The summed E-state index contributed by atoms with van der Waals surface area (Å²) < 4.78 is 0. The first-order valence-electron chi connectivity index (χ1n) is 9.10. The van der Waals surface area contributed by atoms with E-state index in [1.54, 1.807) is 0 Å². The molecule has 0 radical (unpaired) electrons. The Hall–Kier alpha value is -1.35. The molecule has 1 atom stereocenters. The average Bonchev–Trinajstić information content (AvgIpc) is 2.53. The summed E-state index contributed by atoms with van der Waals surface area (Å²) in [6.45, 7) is 10.9. The van der Waals surface area contributed by atoms with Gasteiger partial charge in [0, 0.05) is 19.5 Å². The van der Waals surface area contributed by atoms with Gasteiger partial charge in [-0.3, -0.25) is 4.79 Å². The predicted octanol–water partition coefficient (Wildman–Crippen LogP) is 3.47. The fourth-order valence-electron chi connectivity index (χ4n) is 3.33. The van der Waals surface area contributed by atoms with Crippen LogP contribution in [0.1, 0.15) is 49.3 Å². The highest BCUT2D eigenvalue weighted by Gasteiger charge is 2.15. The minimum atomic E-state index is 0.176. The van der Waals surface area contributed by atoms with Crippen molar-refractivity contribution in [3.63, 3.8) is 0 Å². The van der Waals surface area contributed by atoms with Crippen molar-refractivity contribution in [2.75, 3.05) is 26.2 Å². The topological polar surface area (TPSA) is 32.3 Å². The van der Waals surface area contributed by atoms with E-state index in [-0.39, 0.29) is 5.91 Å². The zero-order valence-corrected chi connectivity index (χ0v) is 15.0. The molecule has 1 aliphatic heterocycles. The van der Waals surface area contributed by atoms with Crippen LogP contribution in [0.5, 0.6) is 0 Å². The maximum atomic E-state index is 11.9. The van der Waals surface area contributed by atoms with Crippen molar-refractivity contribution in [3.05, 3.63) is 34.9 Å². The highest BCUT2D eigenvalue weighted by molar-refractivity contribution is 5.76. The molecule has 1 aromatic rings. The van der Waals surface area contributed by atoms with E-state index in [4.69, 9.17) is 0 Å². The summed E-state index contributed by atoms with van der Waals surface area (Å²) in [5.74, 6) is 1.01. The van der Waals surface area contributed by atoms with Crippen LogP contribution in [0.3, 0.4) is 0 Å². The fourth-order valence-corrected chi connectivity index (χ4v) is 3.33. The summed E-state index contributed by atoms with van der Waals surface area (Å²) >= 11 is 0. The lowest BCUT2D eigenvalue weighted by atomic mass is 10.0. The molecule has 0 unspecified atom stereocenters. The number of carbonyl (C=O) groups excluding carboxylic acids is 1. The molecule has 0 spiro atoms. The third kappa shape index (κ3) is 6.34. The summed E-state index contributed by atoms with van der Waals surface area (Å²) in [7, 11) is 0. The number of carbonyl (C=O) groups is 1. The molecule has 1 N–H and O–H groups in total. The minimum Gasteiger partial charge on any atom is -0.356 e. The molecular weight excluding hydrogens is 284 g/mol. The average molecular weight is 316 g/mol. The van der Waals surface area contributed by atoms with E-state index >= 15 is 0 Å². The highest BCUT2D eigenvalue weighted by Crippen LogP contribution is 2.15. The van der Waals surface area contributed by atoms with Crippen LogP contribution in [0.4, 0.5) is 0 Å². The summed E-state index contributed by atoms with van der Waals surface area (Å²) in [5, 5.41) is 3.06. The maximum Gasteiger partial charge on any atom is 0.220 e. The Morgan fingerprint density at radius 3 is 2.87 bits per heavy atom. The Morgan fingerprint density at radius 2 is 2.13 bits per heavy atom. The largest absolute Gasteiger partial charge is 0.356 e. The van der Waals surface area contributed by atoms with Gasteiger partial charge in [0.15, 0.2) is 0 Å². The number of hydrogen-bond donors (Lipinski definition) is 1. The Labute approximate surface area is 141 Å². The van der Waals surface area contributed by atoms with E-state index in [1.165, 1.54) is 42.6 Å². The van der Waals surface area contributed by atoms with Crippen LogP contribution in [0, 0.1) is 19.8 Å². The molecule has 128 valence electrons. The Bertz CT molecular complexity index is 512. The number of benzene rings is 1. The van der Waals surface area contributed by atoms with Gasteiger partial charge in [-0.05, 0) is 75.2 Å². The number of aryl methyl sites for hydroxylation is 3. The monoisotopic (exact) mass is 316 g/mol. The molecule has 3 nitrogen and oxygen atoms in total. The molecule has 1 aliphatic rings. The Kier molecular flexibility index (Phi) is 7.10. The lowest BCUT2D eigenvalue weighted by molar-refractivity contribution is -0.121. The van der Waals surface area contributed by atoms with Crippen LogP contribution in [-0.4, -0.2) is 37.0 Å². The van der Waals surface area contributed by atoms with Gasteiger partial charge in [-0.15, -0.1) is 0 Å². The molecule has 3 heteroatoms. The van der Waals surface area contributed by atoms with Crippen LogP contribution in [0.2, 0.25) is 0 Å². The molecule has 0 bridgehead atoms. The number of hydrogen-bond acceptors (Lipinski definition) is 2. The van der Waals surface area contributed by atoms with Crippen molar-refractivity contribution < 1.29 is 4.79 Å². The van der Waals surface area contributed by atoms with Crippen LogP contribution in [-0.2, 0) is 11.2 Å². The number of rotatable bonds is 7. The van der Waals surface area contributed by atoms with Crippen molar-refractivity contribution in [1.29, 1.82) is 0 Å². The van der Waals surface area contributed by atoms with Crippen molar-refractivity contribution in [1.82, 2.24) is 10.2 Å². The molecule has 2 rings (SSSR count). The molecule has 23 heavy (non-hydrogen) atoms. The van der Waals surface area contributed by atoms with E-state index in [2.05, 4.69) is 49.2 Å². The first-order valence-corrected chi connectivity index (χ1v) is 9.10. The van der Waals surface area contributed by atoms with E-state index < -0.39 is 0 Å². The normalized spacial score (nSPS) is 18.8. The second kappa shape index (κ2) is 9.07. The summed E-state index contributed by atoms with van der Waals surface area (Å²) in [6.07, 6.45) is 5.16. The number of nitrogens with one attached hydrogen (secondary N) is 1. The van der Waals surface area contributed by atoms with Gasteiger partial charge in [0.2, 0.25) is 5.91 Å². The quantitative estimate of drug-likeness (QED) is 0.781. The molecule has 0 aromatic heterocycles. The molecule has 1 aromatic carbocycles. The molecule has 1 amide bonds. The van der Waals surface area contributed by atoms with Gasteiger partial charge in [0.25, 0.3) is 0 Å². The van der Waals surface area contributed by atoms with Gasteiger partial charge in [0.05, 0.1) is 0 Å². The standard InChI is InChI=1S/C20H32N2O/c1-16-6-4-12-22(15-16)13-5-11-21-20(23)10-9-19-8-7-17(2)18(3)14-19/h7-8,14,16H,4-6,9-13,15H2,1-3H3,(H,21,23)/t16-/m0/s1.